The first-order valence-electron chi connectivity index (χ1n) is 8.32. The number of ether oxygens (including phenoxy) is 1. The minimum absolute atomic E-state index is 0.0156. The number of hydrogen-bond acceptors (Lipinski definition) is 4. The molecule has 0 saturated carbocycles. The Morgan fingerprint density at radius 1 is 1.21 bits per heavy atom. The van der Waals surface area contributed by atoms with Gasteiger partial charge in [-0.25, -0.2) is 9.37 Å². The monoisotopic (exact) mass is 397 g/mol. The summed E-state index contributed by atoms with van der Waals surface area (Å²) < 4.78 is 20.1. The highest BCUT2D eigenvalue weighted by molar-refractivity contribution is 6.17. The molecule has 1 aromatic heterocycles. The van der Waals surface area contributed by atoms with E-state index < -0.39 is 5.82 Å². The van der Waals surface area contributed by atoms with Crippen molar-refractivity contribution in [1.82, 2.24) is 4.98 Å². The molecule has 0 aliphatic heterocycles. The Labute approximate surface area is 166 Å². The molecule has 3 rings (SSSR count). The van der Waals surface area contributed by atoms with E-state index in [9.17, 15) is 9.18 Å². The van der Waals surface area contributed by atoms with Crippen LogP contribution in [0.5, 0.6) is 11.5 Å². The standard InChI is InChI=1S/C21H17ClFN3O2/c1-2-16-18(9-10-25-20(16)24)28-19-8-7-15(11-17(19)23)26-21(27)14-5-3-13(12-22)4-6-14/h2-11H,1,12H2,(H2,24,25)(H,26,27). The number of anilines is 2. The highest BCUT2D eigenvalue weighted by Crippen LogP contribution is 2.31. The van der Waals surface area contributed by atoms with E-state index in [1.54, 1.807) is 36.4 Å². The number of benzene rings is 2. The van der Waals surface area contributed by atoms with Crippen LogP contribution in [0.25, 0.3) is 6.08 Å². The molecule has 1 amide bonds. The summed E-state index contributed by atoms with van der Waals surface area (Å²) in [6.07, 6.45) is 2.94. The number of nitrogen functional groups attached to an aromatic ring is 1. The number of rotatable bonds is 6. The van der Waals surface area contributed by atoms with Gasteiger partial charge in [-0.3, -0.25) is 4.79 Å². The molecule has 0 spiro atoms. The largest absolute Gasteiger partial charge is 0.453 e. The molecule has 0 atom stereocenters. The molecule has 0 unspecified atom stereocenters. The topological polar surface area (TPSA) is 77.2 Å². The van der Waals surface area contributed by atoms with Crippen LogP contribution in [-0.4, -0.2) is 10.9 Å². The molecule has 5 nitrogen and oxygen atoms in total. The highest BCUT2D eigenvalue weighted by atomic mass is 35.5. The Kier molecular flexibility index (Phi) is 5.91. The molecule has 0 saturated heterocycles. The Bertz CT molecular complexity index is 1020. The number of hydrogen-bond donors (Lipinski definition) is 2. The summed E-state index contributed by atoms with van der Waals surface area (Å²) in [5, 5.41) is 2.65. The first kappa shape index (κ1) is 19.4. The molecule has 0 fully saturated rings. The van der Waals surface area contributed by atoms with Crippen molar-refractivity contribution in [2.45, 2.75) is 5.88 Å². The van der Waals surface area contributed by atoms with Gasteiger partial charge in [0.1, 0.15) is 11.6 Å². The van der Waals surface area contributed by atoms with E-state index in [1.165, 1.54) is 24.4 Å². The lowest BCUT2D eigenvalue weighted by atomic mass is 10.1. The third-order valence-corrected chi connectivity index (χ3v) is 4.27. The minimum atomic E-state index is -0.638. The van der Waals surface area contributed by atoms with Crippen LogP contribution in [0, 0.1) is 5.82 Å². The number of aromatic nitrogens is 1. The molecular weight excluding hydrogens is 381 g/mol. The molecule has 142 valence electrons. The molecule has 3 aromatic rings. The maximum atomic E-state index is 14.5. The summed E-state index contributed by atoms with van der Waals surface area (Å²) in [5.74, 6) is -0.0796. The van der Waals surface area contributed by atoms with Gasteiger partial charge in [0.25, 0.3) is 5.91 Å². The first-order valence-corrected chi connectivity index (χ1v) is 8.86. The highest BCUT2D eigenvalue weighted by Gasteiger charge is 2.12. The van der Waals surface area contributed by atoms with Gasteiger partial charge in [0, 0.05) is 29.4 Å². The average molecular weight is 398 g/mol. The van der Waals surface area contributed by atoms with E-state index in [4.69, 9.17) is 22.1 Å². The molecule has 3 N–H and O–H groups in total. The van der Waals surface area contributed by atoms with Gasteiger partial charge in [-0.1, -0.05) is 24.8 Å². The van der Waals surface area contributed by atoms with Crippen LogP contribution in [0.15, 0.2) is 61.3 Å². The molecule has 0 aliphatic rings. The maximum Gasteiger partial charge on any atom is 0.255 e. The van der Waals surface area contributed by atoms with Crippen molar-refractivity contribution < 1.29 is 13.9 Å². The number of nitrogens with zero attached hydrogens (tertiary/aromatic N) is 1. The van der Waals surface area contributed by atoms with E-state index in [-0.39, 0.29) is 17.5 Å². The van der Waals surface area contributed by atoms with Gasteiger partial charge in [-0.2, -0.15) is 0 Å². The van der Waals surface area contributed by atoms with Crippen molar-refractivity contribution in [3.63, 3.8) is 0 Å². The number of nitrogens with one attached hydrogen (secondary N) is 1. The third-order valence-electron chi connectivity index (χ3n) is 3.97. The molecule has 7 heteroatoms. The van der Waals surface area contributed by atoms with Crippen molar-refractivity contribution in [3.8, 4) is 11.5 Å². The fourth-order valence-corrected chi connectivity index (χ4v) is 2.67. The van der Waals surface area contributed by atoms with E-state index >= 15 is 0 Å². The molecule has 1 heterocycles. The number of amides is 1. The van der Waals surface area contributed by atoms with Gasteiger partial charge in [-0.05, 0) is 35.9 Å². The second kappa shape index (κ2) is 8.54. The molecule has 2 aromatic carbocycles. The average Bonchev–Trinajstić information content (AvgIpc) is 2.70. The van der Waals surface area contributed by atoms with E-state index in [2.05, 4.69) is 16.9 Å². The smallest absolute Gasteiger partial charge is 0.255 e. The van der Waals surface area contributed by atoms with Gasteiger partial charge < -0.3 is 15.8 Å². The van der Waals surface area contributed by atoms with Gasteiger partial charge in [-0.15, -0.1) is 11.6 Å². The minimum Gasteiger partial charge on any atom is -0.453 e. The quantitative estimate of drug-likeness (QED) is 0.558. The number of nitrogens with two attached hydrogens (primary N) is 1. The van der Waals surface area contributed by atoms with Gasteiger partial charge in [0.15, 0.2) is 11.6 Å². The Morgan fingerprint density at radius 3 is 2.61 bits per heavy atom. The lowest BCUT2D eigenvalue weighted by molar-refractivity contribution is 0.102. The molecule has 0 aliphatic carbocycles. The normalized spacial score (nSPS) is 10.4. The second-order valence-electron chi connectivity index (χ2n) is 5.84. The predicted molar refractivity (Wildman–Crippen MR) is 109 cm³/mol. The van der Waals surface area contributed by atoms with Crippen LogP contribution in [0.4, 0.5) is 15.9 Å². The van der Waals surface area contributed by atoms with Crippen LogP contribution < -0.4 is 15.8 Å². The molecular formula is C21H17ClFN3O2. The number of halogens is 2. The van der Waals surface area contributed by atoms with Crippen LogP contribution in [-0.2, 0) is 5.88 Å². The van der Waals surface area contributed by atoms with Gasteiger partial charge >= 0.3 is 0 Å². The van der Waals surface area contributed by atoms with Crippen LogP contribution >= 0.6 is 11.6 Å². The summed E-state index contributed by atoms with van der Waals surface area (Å²) >= 11 is 5.74. The van der Waals surface area contributed by atoms with Crippen LogP contribution in [0.2, 0.25) is 0 Å². The Morgan fingerprint density at radius 2 is 1.96 bits per heavy atom. The Balaban J connectivity index is 1.76. The Hall–Kier alpha value is -3.38. The summed E-state index contributed by atoms with van der Waals surface area (Å²) in [5.41, 5.74) is 7.88. The number of carbonyl (C=O) groups is 1. The van der Waals surface area contributed by atoms with Crippen molar-refractivity contribution in [3.05, 3.63) is 83.8 Å². The molecule has 28 heavy (non-hydrogen) atoms. The fourth-order valence-electron chi connectivity index (χ4n) is 2.49. The SMILES string of the molecule is C=Cc1c(Oc2ccc(NC(=O)c3ccc(CCl)cc3)cc2F)ccnc1N. The maximum absolute atomic E-state index is 14.5. The van der Waals surface area contributed by atoms with Crippen LogP contribution in [0.3, 0.4) is 0 Å². The van der Waals surface area contributed by atoms with E-state index in [1.807, 2.05) is 0 Å². The fraction of sp³-hybridized carbons (Fsp3) is 0.0476. The van der Waals surface area contributed by atoms with Crippen molar-refractivity contribution >= 4 is 35.1 Å². The number of pyridine rings is 1. The molecule has 0 radical (unpaired) electrons. The second-order valence-corrected chi connectivity index (χ2v) is 6.11. The zero-order valence-corrected chi connectivity index (χ0v) is 15.5. The lowest BCUT2D eigenvalue weighted by Crippen LogP contribution is -2.12. The third kappa shape index (κ3) is 4.29. The zero-order chi connectivity index (χ0) is 20.1. The summed E-state index contributed by atoms with van der Waals surface area (Å²) in [7, 11) is 0. The lowest BCUT2D eigenvalue weighted by Gasteiger charge is -2.12. The molecule has 0 bridgehead atoms. The summed E-state index contributed by atoms with van der Waals surface area (Å²) in [6, 6.07) is 12.5. The van der Waals surface area contributed by atoms with E-state index in [0.717, 1.165) is 5.56 Å². The first-order chi connectivity index (χ1) is 13.5. The summed E-state index contributed by atoms with van der Waals surface area (Å²) in [6.45, 7) is 3.65. The predicted octanol–water partition coefficient (Wildman–Crippen LogP) is 5.23. The zero-order valence-electron chi connectivity index (χ0n) is 14.8. The summed E-state index contributed by atoms with van der Waals surface area (Å²) in [4.78, 5) is 16.2. The van der Waals surface area contributed by atoms with E-state index in [0.29, 0.717) is 28.4 Å². The van der Waals surface area contributed by atoms with Crippen molar-refractivity contribution in [2.24, 2.45) is 0 Å². The van der Waals surface area contributed by atoms with Crippen molar-refractivity contribution in [2.75, 3.05) is 11.1 Å². The van der Waals surface area contributed by atoms with Crippen LogP contribution in [0.1, 0.15) is 21.5 Å². The van der Waals surface area contributed by atoms with Crippen molar-refractivity contribution in [1.29, 1.82) is 0 Å². The van der Waals surface area contributed by atoms with Gasteiger partial charge in [0.05, 0.1) is 5.56 Å². The number of carbonyl (C=O) groups excluding carboxylic acids is 1. The number of alkyl halides is 1. The van der Waals surface area contributed by atoms with Gasteiger partial charge in [0.2, 0.25) is 0 Å².